The van der Waals surface area contributed by atoms with Crippen LogP contribution < -0.4 is 4.72 Å². The van der Waals surface area contributed by atoms with Gasteiger partial charge in [0.1, 0.15) is 5.76 Å². The molecular formula is C11H16N4O4S. The summed E-state index contributed by atoms with van der Waals surface area (Å²) in [5.41, 5.74) is 0.751. The van der Waals surface area contributed by atoms with Gasteiger partial charge in [0.25, 0.3) is 10.0 Å². The molecule has 2 aromatic rings. The Balaban J connectivity index is 2.27. The molecule has 0 saturated heterocycles. The van der Waals surface area contributed by atoms with E-state index in [9.17, 15) is 13.5 Å². The van der Waals surface area contributed by atoms with Gasteiger partial charge in [-0.15, -0.1) is 0 Å². The summed E-state index contributed by atoms with van der Waals surface area (Å²) in [6, 6.07) is -0.641. The van der Waals surface area contributed by atoms with Crippen LogP contribution in [-0.2, 0) is 16.6 Å². The molecule has 0 aromatic carbocycles. The number of aryl methyl sites for hydroxylation is 2. The predicted molar refractivity (Wildman–Crippen MR) is 69.2 cm³/mol. The molecule has 0 spiro atoms. The van der Waals surface area contributed by atoms with Crippen molar-refractivity contribution in [1.82, 2.24) is 19.9 Å². The van der Waals surface area contributed by atoms with Crippen LogP contribution >= 0.6 is 0 Å². The first-order chi connectivity index (χ1) is 9.35. The predicted octanol–water partition coefficient (Wildman–Crippen LogP) is 0.546. The van der Waals surface area contributed by atoms with E-state index in [1.54, 1.807) is 20.8 Å². The zero-order chi connectivity index (χ0) is 14.9. The van der Waals surface area contributed by atoms with Crippen molar-refractivity contribution >= 4 is 10.0 Å². The number of aromatic nitrogens is 3. The maximum absolute atomic E-state index is 12.2. The molecule has 0 aliphatic carbocycles. The summed E-state index contributed by atoms with van der Waals surface area (Å²) in [7, 11) is -3.87. The van der Waals surface area contributed by atoms with Crippen molar-refractivity contribution in [3.8, 4) is 0 Å². The van der Waals surface area contributed by atoms with E-state index in [1.165, 1.54) is 6.20 Å². The molecule has 0 bridgehead atoms. The van der Waals surface area contributed by atoms with Gasteiger partial charge in [0.05, 0.1) is 18.8 Å². The third-order valence-electron chi connectivity index (χ3n) is 2.79. The molecule has 0 aliphatic rings. The SMILES string of the molecule is Cc1cnc(C(C)NS(=O)(=O)c2n[nH]c(C)c2CO)o1. The van der Waals surface area contributed by atoms with Crippen LogP contribution in [0, 0.1) is 13.8 Å². The lowest BCUT2D eigenvalue weighted by atomic mass is 10.3. The molecule has 2 heterocycles. The highest BCUT2D eigenvalue weighted by Crippen LogP contribution is 2.19. The van der Waals surface area contributed by atoms with Gasteiger partial charge in [-0.2, -0.15) is 9.82 Å². The summed E-state index contributed by atoms with van der Waals surface area (Å²) < 4.78 is 32.2. The lowest BCUT2D eigenvalue weighted by Crippen LogP contribution is -2.28. The highest BCUT2D eigenvalue weighted by molar-refractivity contribution is 7.89. The number of nitrogens with one attached hydrogen (secondary N) is 2. The van der Waals surface area contributed by atoms with Crippen LogP contribution in [0.4, 0.5) is 0 Å². The fraction of sp³-hybridized carbons (Fsp3) is 0.455. The fourth-order valence-corrected chi connectivity index (χ4v) is 3.14. The standard InChI is InChI=1S/C11H16N4O4S/c1-6-4-12-10(19-6)8(3)15-20(17,18)11-9(5-16)7(2)13-14-11/h4,8,15-16H,5H2,1-3H3,(H,13,14). The molecule has 2 aromatic heterocycles. The normalized spacial score (nSPS) is 13.6. The van der Waals surface area contributed by atoms with Crippen molar-refractivity contribution in [3.05, 3.63) is 29.1 Å². The van der Waals surface area contributed by atoms with E-state index in [4.69, 9.17) is 4.42 Å². The third kappa shape index (κ3) is 2.74. The van der Waals surface area contributed by atoms with E-state index >= 15 is 0 Å². The molecule has 110 valence electrons. The summed E-state index contributed by atoms with van der Waals surface area (Å²) in [5.74, 6) is 0.863. The molecule has 0 amide bonds. The molecule has 1 unspecified atom stereocenters. The van der Waals surface area contributed by atoms with Gasteiger partial charge in [0, 0.05) is 11.3 Å². The number of rotatable bonds is 5. The Hall–Kier alpha value is -1.71. The van der Waals surface area contributed by atoms with Gasteiger partial charge in [-0.05, 0) is 20.8 Å². The number of hydrogen-bond donors (Lipinski definition) is 3. The Morgan fingerprint density at radius 1 is 1.50 bits per heavy atom. The molecule has 0 fully saturated rings. The smallest absolute Gasteiger partial charge is 0.260 e. The minimum Gasteiger partial charge on any atom is -0.444 e. The Morgan fingerprint density at radius 3 is 2.75 bits per heavy atom. The van der Waals surface area contributed by atoms with Crippen LogP contribution in [0.25, 0.3) is 0 Å². The first-order valence-corrected chi connectivity index (χ1v) is 7.43. The number of H-pyrrole nitrogens is 1. The quantitative estimate of drug-likeness (QED) is 0.741. The van der Waals surface area contributed by atoms with Crippen molar-refractivity contribution < 1.29 is 17.9 Å². The summed E-state index contributed by atoms with van der Waals surface area (Å²) in [5, 5.41) is 15.3. The van der Waals surface area contributed by atoms with Crippen molar-refractivity contribution in [2.75, 3.05) is 0 Å². The number of oxazole rings is 1. The molecule has 0 saturated carbocycles. The van der Waals surface area contributed by atoms with Gasteiger partial charge in [0.2, 0.25) is 5.89 Å². The summed E-state index contributed by atoms with van der Waals surface area (Å²) in [4.78, 5) is 3.97. The topological polar surface area (TPSA) is 121 Å². The van der Waals surface area contributed by atoms with Crippen molar-refractivity contribution in [3.63, 3.8) is 0 Å². The maximum Gasteiger partial charge on any atom is 0.260 e. The molecule has 8 nitrogen and oxygen atoms in total. The zero-order valence-electron chi connectivity index (χ0n) is 11.3. The second-order valence-electron chi connectivity index (χ2n) is 4.44. The average Bonchev–Trinajstić information content (AvgIpc) is 2.95. The fourth-order valence-electron chi connectivity index (χ4n) is 1.75. The molecule has 20 heavy (non-hydrogen) atoms. The van der Waals surface area contributed by atoms with Gasteiger partial charge >= 0.3 is 0 Å². The van der Waals surface area contributed by atoms with E-state index < -0.39 is 22.7 Å². The Bertz CT molecular complexity index is 704. The summed E-state index contributed by atoms with van der Waals surface area (Å²) in [6.07, 6.45) is 1.51. The van der Waals surface area contributed by atoms with Crippen LogP contribution in [0.3, 0.4) is 0 Å². The van der Waals surface area contributed by atoms with Crippen molar-refractivity contribution in [2.24, 2.45) is 0 Å². The summed E-state index contributed by atoms with van der Waals surface area (Å²) >= 11 is 0. The van der Waals surface area contributed by atoms with Gasteiger partial charge < -0.3 is 9.52 Å². The molecule has 0 radical (unpaired) electrons. The molecule has 3 N–H and O–H groups in total. The number of sulfonamides is 1. The maximum atomic E-state index is 12.2. The van der Waals surface area contributed by atoms with Crippen molar-refractivity contribution in [2.45, 2.75) is 38.4 Å². The lowest BCUT2D eigenvalue weighted by molar-refractivity contribution is 0.277. The number of aliphatic hydroxyl groups is 1. The average molecular weight is 300 g/mol. The molecule has 1 atom stereocenters. The lowest BCUT2D eigenvalue weighted by Gasteiger charge is -2.10. The largest absolute Gasteiger partial charge is 0.444 e. The first kappa shape index (κ1) is 14.7. The molecule has 9 heteroatoms. The Kier molecular flexibility index (Phi) is 3.93. The van der Waals surface area contributed by atoms with E-state index in [2.05, 4.69) is 19.9 Å². The van der Waals surface area contributed by atoms with E-state index in [1.807, 2.05) is 0 Å². The highest BCUT2D eigenvalue weighted by Gasteiger charge is 2.27. The Morgan fingerprint density at radius 2 is 2.20 bits per heavy atom. The minimum atomic E-state index is -3.87. The molecule has 2 rings (SSSR count). The van der Waals surface area contributed by atoms with Crippen LogP contribution in [0.1, 0.15) is 35.9 Å². The van der Waals surface area contributed by atoms with Crippen LogP contribution in [0.15, 0.2) is 15.6 Å². The number of aromatic amines is 1. The van der Waals surface area contributed by atoms with Gasteiger partial charge in [-0.1, -0.05) is 0 Å². The van der Waals surface area contributed by atoms with E-state index in [0.29, 0.717) is 11.5 Å². The number of aliphatic hydroxyl groups excluding tert-OH is 1. The monoisotopic (exact) mass is 300 g/mol. The van der Waals surface area contributed by atoms with Gasteiger partial charge in [-0.25, -0.2) is 13.4 Å². The van der Waals surface area contributed by atoms with Crippen LogP contribution in [0.5, 0.6) is 0 Å². The van der Waals surface area contributed by atoms with Crippen LogP contribution in [-0.4, -0.2) is 28.7 Å². The minimum absolute atomic E-state index is 0.215. The molecular weight excluding hydrogens is 284 g/mol. The number of nitrogens with zero attached hydrogens (tertiary/aromatic N) is 2. The second-order valence-corrected chi connectivity index (χ2v) is 6.07. The van der Waals surface area contributed by atoms with E-state index in [0.717, 1.165) is 0 Å². The van der Waals surface area contributed by atoms with Crippen LogP contribution in [0.2, 0.25) is 0 Å². The van der Waals surface area contributed by atoms with Gasteiger partial charge in [-0.3, -0.25) is 5.10 Å². The first-order valence-electron chi connectivity index (χ1n) is 5.94. The third-order valence-corrected chi connectivity index (χ3v) is 4.30. The number of hydrogen-bond acceptors (Lipinski definition) is 6. The zero-order valence-corrected chi connectivity index (χ0v) is 12.2. The van der Waals surface area contributed by atoms with E-state index in [-0.39, 0.29) is 16.5 Å². The summed E-state index contributed by atoms with van der Waals surface area (Å²) in [6.45, 7) is 4.56. The van der Waals surface area contributed by atoms with Crippen molar-refractivity contribution in [1.29, 1.82) is 0 Å². The molecule has 0 aliphatic heterocycles. The Labute approximate surface area is 116 Å². The van der Waals surface area contributed by atoms with Gasteiger partial charge in [0.15, 0.2) is 5.03 Å². The highest BCUT2D eigenvalue weighted by atomic mass is 32.2. The second kappa shape index (κ2) is 5.35.